The summed E-state index contributed by atoms with van der Waals surface area (Å²) in [4.78, 5) is 26.3. The maximum absolute atomic E-state index is 14.0. The molecule has 0 saturated heterocycles. The quantitative estimate of drug-likeness (QED) is 0.220. The van der Waals surface area contributed by atoms with Gasteiger partial charge in [0.05, 0.1) is 18.6 Å². The summed E-state index contributed by atoms with van der Waals surface area (Å²) in [5, 5.41) is 10.1. The second-order valence-corrected chi connectivity index (χ2v) is 12.1. The first-order chi connectivity index (χ1) is 18.6. The van der Waals surface area contributed by atoms with Gasteiger partial charge in [0.2, 0.25) is 0 Å². The zero-order chi connectivity index (χ0) is 28.6. The van der Waals surface area contributed by atoms with Gasteiger partial charge >= 0.3 is 5.97 Å². The Kier molecular flexibility index (Phi) is 10.6. The summed E-state index contributed by atoms with van der Waals surface area (Å²) >= 11 is 0. The Morgan fingerprint density at radius 1 is 0.949 bits per heavy atom. The number of hydrogen-bond acceptors (Lipinski definition) is 4. The number of carbonyl (C=O) groups is 2. The van der Waals surface area contributed by atoms with Crippen molar-refractivity contribution in [3.05, 3.63) is 59.2 Å². The van der Waals surface area contributed by atoms with Crippen molar-refractivity contribution in [2.45, 2.75) is 98.8 Å². The normalized spacial score (nSPS) is 17.1. The minimum absolute atomic E-state index is 0.0375. The first-order valence-corrected chi connectivity index (χ1v) is 14.8. The molecular weight excluding hydrogens is 488 g/mol. The molecule has 0 radical (unpaired) electrons. The molecule has 2 unspecified atom stereocenters. The number of benzene rings is 2. The third-order valence-electron chi connectivity index (χ3n) is 8.36. The van der Waals surface area contributed by atoms with Gasteiger partial charge in [-0.2, -0.15) is 0 Å². The van der Waals surface area contributed by atoms with Gasteiger partial charge in [-0.05, 0) is 87.0 Å². The van der Waals surface area contributed by atoms with Crippen LogP contribution in [0.1, 0.15) is 103 Å². The van der Waals surface area contributed by atoms with Gasteiger partial charge < -0.3 is 14.6 Å². The van der Waals surface area contributed by atoms with E-state index in [1.54, 1.807) is 0 Å². The summed E-state index contributed by atoms with van der Waals surface area (Å²) in [5.41, 5.74) is 2.37. The average Bonchev–Trinajstić information content (AvgIpc) is 2.87. The Morgan fingerprint density at radius 3 is 2.03 bits per heavy atom. The third-order valence-corrected chi connectivity index (χ3v) is 8.36. The number of carboxylic acids is 1. The summed E-state index contributed by atoms with van der Waals surface area (Å²) < 4.78 is 12.0. The van der Waals surface area contributed by atoms with E-state index < -0.39 is 11.4 Å². The summed E-state index contributed by atoms with van der Waals surface area (Å²) in [6, 6.07) is 14.6. The number of ketones is 1. The van der Waals surface area contributed by atoms with Crippen LogP contribution in [0.15, 0.2) is 42.5 Å². The van der Waals surface area contributed by atoms with Crippen molar-refractivity contribution in [1.82, 2.24) is 0 Å². The third kappa shape index (κ3) is 7.64. The zero-order valence-electron chi connectivity index (χ0n) is 24.8. The Hall–Kier alpha value is -2.82. The molecule has 0 spiro atoms. The standard InChI is InChI=1S/C34H48O5/c1-7-27-30(38-8-2)19-26(20-31(27)39-9-3)24(4)28(18-14-13-17-25-15-11-10-12-16-25)29(35)21-34(32(36)37)22-33(5,6)23-34/h10-12,15-16,19-20,24,28H,7-9,13-14,17-18,21-23H2,1-6H3,(H,36,37). The second kappa shape index (κ2) is 13.5. The first kappa shape index (κ1) is 30.7. The number of Topliss-reactive ketones (excluding diaryl/α,β-unsaturated/α-hetero) is 1. The highest BCUT2D eigenvalue weighted by atomic mass is 16.5. The van der Waals surface area contributed by atoms with E-state index in [9.17, 15) is 14.7 Å². The Morgan fingerprint density at radius 2 is 1.54 bits per heavy atom. The van der Waals surface area contributed by atoms with Gasteiger partial charge in [-0.1, -0.05) is 64.4 Å². The fraction of sp³-hybridized carbons (Fsp3) is 0.588. The lowest BCUT2D eigenvalue weighted by molar-refractivity contribution is -0.167. The van der Waals surface area contributed by atoms with Crippen molar-refractivity contribution in [2.24, 2.45) is 16.7 Å². The number of aliphatic carboxylic acids is 1. The number of rotatable bonds is 16. The molecule has 1 saturated carbocycles. The molecule has 0 bridgehead atoms. The van der Waals surface area contributed by atoms with Crippen LogP contribution in [0, 0.1) is 16.7 Å². The van der Waals surface area contributed by atoms with Crippen LogP contribution < -0.4 is 9.47 Å². The molecule has 5 nitrogen and oxygen atoms in total. The maximum Gasteiger partial charge on any atom is 0.310 e. The van der Waals surface area contributed by atoms with Crippen LogP contribution in [0.25, 0.3) is 0 Å². The van der Waals surface area contributed by atoms with Crippen LogP contribution in [0.4, 0.5) is 0 Å². The molecule has 3 rings (SSSR count). The van der Waals surface area contributed by atoms with Crippen molar-refractivity contribution in [3.63, 3.8) is 0 Å². The molecule has 5 heteroatoms. The summed E-state index contributed by atoms with van der Waals surface area (Å²) in [6.07, 6.45) is 5.58. The van der Waals surface area contributed by atoms with Crippen LogP contribution in [-0.4, -0.2) is 30.1 Å². The molecule has 0 heterocycles. The van der Waals surface area contributed by atoms with E-state index >= 15 is 0 Å². The number of hydrogen-bond donors (Lipinski definition) is 1. The highest BCUT2D eigenvalue weighted by Gasteiger charge is 2.55. The lowest BCUT2D eigenvalue weighted by atomic mass is 9.52. The van der Waals surface area contributed by atoms with Gasteiger partial charge in [0.1, 0.15) is 17.3 Å². The molecule has 1 aliphatic carbocycles. The van der Waals surface area contributed by atoms with E-state index in [1.807, 2.05) is 19.9 Å². The highest BCUT2D eigenvalue weighted by molar-refractivity contribution is 5.89. The molecule has 0 aromatic heterocycles. The van der Waals surface area contributed by atoms with E-state index in [0.717, 1.165) is 54.7 Å². The first-order valence-electron chi connectivity index (χ1n) is 14.8. The summed E-state index contributed by atoms with van der Waals surface area (Å²) in [7, 11) is 0. The smallest absolute Gasteiger partial charge is 0.310 e. The van der Waals surface area contributed by atoms with Crippen molar-refractivity contribution < 1.29 is 24.2 Å². The minimum Gasteiger partial charge on any atom is -0.493 e. The van der Waals surface area contributed by atoms with Crippen molar-refractivity contribution in [3.8, 4) is 11.5 Å². The predicted molar refractivity (Wildman–Crippen MR) is 157 cm³/mol. The number of aryl methyl sites for hydroxylation is 1. The van der Waals surface area contributed by atoms with Crippen molar-refractivity contribution >= 4 is 11.8 Å². The molecule has 214 valence electrons. The maximum atomic E-state index is 14.0. The van der Waals surface area contributed by atoms with E-state index in [4.69, 9.17) is 9.47 Å². The molecule has 1 aliphatic rings. The molecule has 2 aromatic rings. The molecule has 0 amide bonds. The van der Waals surface area contributed by atoms with E-state index in [0.29, 0.717) is 26.1 Å². The second-order valence-electron chi connectivity index (χ2n) is 12.1. The molecule has 2 atom stereocenters. The number of ether oxygens (including phenoxy) is 2. The summed E-state index contributed by atoms with van der Waals surface area (Å²) in [6.45, 7) is 13.4. The Labute approximate surface area is 235 Å². The summed E-state index contributed by atoms with van der Waals surface area (Å²) in [5.74, 6) is 0.497. The SMILES string of the molecule is CCOc1cc(C(C)C(CCCCc2ccccc2)C(=O)CC2(C(=O)O)CC(C)(C)C2)cc(OCC)c1CC. The average molecular weight is 537 g/mol. The molecule has 2 aromatic carbocycles. The topological polar surface area (TPSA) is 72.8 Å². The van der Waals surface area contributed by atoms with Gasteiger partial charge in [-0.15, -0.1) is 0 Å². The minimum atomic E-state index is -0.943. The predicted octanol–water partition coefficient (Wildman–Crippen LogP) is 8.03. The monoisotopic (exact) mass is 536 g/mol. The van der Waals surface area contributed by atoms with Gasteiger partial charge in [-0.3, -0.25) is 9.59 Å². The van der Waals surface area contributed by atoms with Gasteiger partial charge in [-0.25, -0.2) is 0 Å². The number of carboxylic acid groups (broad SMARTS) is 1. The van der Waals surface area contributed by atoms with Crippen LogP contribution in [0.5, 0.6) is 11.5 Å². The number of unbranched alkanes of at least 4 members (excludes halogenated alkanes) is 1. The lowest BCUT2D eigenvalue weighted by Gasteiger charge is -2.50. The van der Waals surface area contributed by atoms with E-state index in [2.05, 4.69) is 64.1 Å². The zero-order valence-corrected chi connectivity index (χ0v) is 24.8. The van der Waals surface area contributed by atoms with Gasteiger partial charge in [0, 0.05) is 17.9 Å². The molecule has 39 heavy (non-hydrogen) atoms. The lowest BCUT2D eigenvalue weighted by Crippen LogP contribution is -2.50. The van der Waals surface area contributed by atoms with Crippen molar-refractivity contribution in [2.75, 3.05) is 13.2 Å². The highest BCUT2D eigenvalue weighted by Crippen LogP contribution is 2.57. The van der Waals surface area contributed by atoms with Crippen LogP contribution in [0.3, 0.4) is 0 Å². The van der Waals surface area contributed by atoms with Gasteiger partial charge in [0.15, 0.2) is 0 Å². The number of carbonyl (C=O) groups excluding carboxylic acids is 1. The Balaban J connectivity index is 1.88. The van der Waals surface area contributed by atoms with Crippen LogP contribution >= 0.6 is 0 Å². The largest absolute Gasteiger partial charge is 0.493 e. The van der Waals surface area contributed by atoms with Gasteiger partial charge in [0.25, 0.3) is 0 Å². The molecule has 1 fully saturated rings. The van der Waals surface area contributed by atoms with E-state index in [1.165, 1.54) is 5.56 Å². The molecule has 0 aliphatic heterocycles. The van der Waals surface area contributed by atoms with E-state index in [-0.39, 0.29) is 29.5 Å². The van der Waals surface area contributed by atoms with Crippen LogP contribution in [-0.2, 0) is 22.4 Å². The van der Waals surface area contributed by atoms with Crippen molar-refractivity contribution in [1.29, 1.82) is 0 Å². The fourth-order valence-electron chi connectivity index (χ4n) is 6.68. The van der Waals surface area contributed by atoms with Crippen LogP contribution in [0.2, 0.25) is 0 Å². The fourth-order valence-corrected chi connectivity index (χ4v) is 6.68. The Bertz CT molecular complexity index is 1070. The molecule has 1 N–H and O–H groups in total. The molecular formula is C34H48O5.